The minimum absolute atomic E-state index is 0.901. The van der Waals surface area contributed by atoms with Crippen molar-refractivity contribution in [2.75, 3.05) is 4.90 Å². The van der Waals surface area contributed by atoms with E-state index in [1.54, 1.807) is 0 Å². The first kappa shape index (κ1) is 36.3. The number of anilines is 2. The summed E-state index contributed by atoms with van der Waals surface area (Å²) in [5.74, 6) is 0. The summed E-state index contributed by atoms with van der Waals surface area (Å²) in [6.45, 7) is 0. The number of benzene rings is 9. The number of hydrogen-bond acceptors (Lipinski definition) is 1. The number of allylic oxidation sites excluding steroid dienone is 1. The Labute approximate surface area is 371 Å². The molecule has 1 aliphatic carbocycles. The van der Waals surface area contributed by atoms with Crippen LogP contribution in [-0.4, -0.2) is 13.7 Å². The zero-order valence-corrected chi connectivity index (χ0v) is 35.1. The molecule has 0 radical (unpaired) electrons. The van der Waals surface area contributed by atoms with Crippen LogP contribution in [0.2, 0.25) is 0 Å². The largest absolute Gasteiger partial charge is 0.314 e. The first-order valence-electron chi connectivity index (χ1n) is 22.2. The Morgan fingerprint density at radius 2 is 0.750 bits per heavy atom. The van der Waals surface area contributed by atoms with Crippen LogP contribution in [-0.2, 0) is 6.42 Å². The average molecular weight is 819 g/mol. The number of fused-ring (bicyclic) bond motifs is 9. The van der Waals surface area contributed by atoms with Crippen molar-refractivity contribution in [1.29, 1.82) is 0 Å². The number of rotatable bonds is 7. The molecular formula is C60H42N4. The molecule has 4 nitrogen and oxygen atoms in total. The lowest BCUT2D eigenvalue weighted by atomic mass is 9.96. The molecule has 0 aliphatic heterocycles. The van der Waals surface area contributed by atoms with Crippen molar-refractivity contribution in [1.82, 2.24) is 13.7 Å². The van der Waals surface area contributed by atoms with Crippen molar-refractivity contribution in [3.63, 3.8) is 0 Å². The van der Waals surface area contributed by atoms with Gasteiger partial charge in [0.2, 0.25) is 0 Å². The number of aryl methyl sites for hydroxylation is 1. The Balaban J connectivity index is 0.997. The third-order valence-corrected chi connectivity index (χ3v) is 13.3. The molecule has 0 amide bonds. The third-order valence-electron chi connectivity index (χ3n) is 13.3. The molecule has 64 heavy (non-hydrogen) atoms. The Morgan fingerprint density at radius 1 is 0.312 bits per heavy atom. The van der Waals surface area contributed by atoms with Crippen molar-refractivity contribution in [3.8, 4) is 28.2 Å². The Hall–Kier alpha value is -8.34. The van der Waals surface area contributed by atoms with E-state index in [0.717, 1.165) is 35.6 Å². The van der Waals surface area contributed by atoms with E-state index in [-0.39, 0.29) is 0 Å². The summed E-state index contributed by atoms with van der Waals surface area (Å²) in [6.07, 6.45) is 4.29. The van der Waals surface area contributed by atoms with Gasteiger partial charge in [-0.2, -0.15) is 0 Å². The second-order valence-electron chi connectivity index (χ2n) is 16.9. The maximum absolute atomic E-state index is 2.50. The van der Waals surface area contributed by atoms with Crippen molar-refractivity contribution in [3.05, 3.63) is 241 Å². The number of para-hydroxylation sites is 6. The van der Waals surface area contributed by atoms with Crippen LogP contribution >= 0.6 is 0 Å². The second kappa shape index (κ2) is 14.6. The topological polar surface area (TPSA) is 18.0 Å². The van der Waals surface area contributed by atoms with E-state index in [9.17, 15) is 0 Å². The van der Waals surface area contributed by atoms with Crippen molar-refractivity contribution >= 4 is 72.0 Å². The van der Waals surface area contributed by atoms with Crippen molar-refractivity contribution in [2.45, 2.75) is 12.8 Å². The maximum Gasteiger partial charge on any atom is 0.0561 e. The Bertz CT molecular complexity index is 3760. The van der Waals surface area contributed by atoms with Crippen LogP contribution in [0, 0.1) is 0 Å². The molecule has 13 rings (SSSR count). The van der Waals surface area contributed by atoms with E-state index in [2.05, 4.69) is 249 Å². The molecule has 1 aliphatic rings. The van der Waals surface area contributed by atoms with Gasteiger partial charge in [0.1, 0.15) is 0 Å². The van der Waals surface area contributed by atoms with Gasteiger partial charge in [-0.15, -0.1) is 0 Å². The molecule has 302 valence electrons. The number of nitrogens with zero attached hydrogens (tertiary/aromatic N) is 4. The minimum atomic E-state index is 0.901. The molecule has 0 N–H and O–H groups in total. The predicted molar refractivity (Wildman–Crippen MR) is 269 cm³/mol. The van der Waals surface area contributed by atoms with Gasteiger partial charge < -0.3 is 18.6 Å². The van der Waals surface area contributed by atoms with Gasteiger partial charge >= 0.3 is 0 Å². The molecule has 0 saturated heterocycles. The Morgan fingerprint density at radius 3 is 1.34 bits per heavy atom. The first-order chi connectivity index (χ1) is 31.8. The van der Waals surface area contributed by atoms with Crippen LogP contribution in [0.15, 0.2) is 230 Å². The van der Waals surface area contributed by atoms with E-state index in [4.69, 9.17) is 0 Å². The van der Waals surface area contributed by atoms with E-state index in [1.807, 2.05) is 0 Å². The summed E-state index contributed by atoms with van der Waals surface area (Å²) < 4.78 is 7.26. The summed E-state index contributed by atoms with van der Waals surface area (Å²) in [5.41, 5.74) is 18.1. The van der Waals surface area contributed by atoms with Gasteiger partial charge in [0, 0.05) is 61.1 Å². The highest BCUT2D eigenvalue weighted by Crippen LogP contribution is 2.43. The normalized spacial score (nSPS) is 12.7. The zero-order chi connectivity index (χ0) is 42.1. The molecule has 3 heterocycles. The molecule has 0 fully saturated rings. The average Bonchev–Trinajstić information content (AvgIpc) is 4.00. The Kier molecular flexibility index (Phi) is 8.31. The quantitative estimate of drug-likeness (QED) is 0.157. The maximum atomic E-state index is 2.50. The third kappa shape index (κ3) is 5.69. The van der Waals surface area contributed by atoms with Crippen molar-refractivity contribution in [2.24, 2.45) is 0 Å². The van der Waals surface area contributed by atoms with Gasteiger partial charge in [0.25, 0.3) is 0 Å². The van der Waals surface area contributed by atoms with Crippen LogP contribution in [0.1, 0.15) is 17.7 Å². The van der Waals surface area contributed by atoms with Crippen molar-refractivity contribution < 1.29 is 0 Å². The minimum Gasteiger partial charge on any atom is -0.314 e. The molecule has 3 aromatic heterocycles. The highest BCUT2D eigenvalue weighted by molar-refractivity contribution is 6.11. The fourth-order valence-corrected chi connectivity index (χ4v) is 10.5. The molecular weight excluding hydrogens is 777 g/mol. The molecule has 0 spiro atoms. The van der Waals surface area contributed by atoms with Gasteiger partial charge in [0.05, 0.1) is 33.3 Å². The van der Waals surface area contributed by atoms with Gasteiger partial charge in [0.15, 0.2) is 0 Å². The summed E-state index contributed by atoms with van der Waals surface area (Å²) in [6, 6.07) is 81.9. The fourth-order valence-electron chi connectivity index (χ4n) is 10.5. The van der Waals surface area contributed by atoms with Gasteiger partial charge in [-0.3, -0.25) is 0 Å². The van der Waals surface area contributed by atoms with Gasteiger partial charge in [-0.1, -0.05) is 140 Å². The number of aromatic nitrogens is 3. The lowest BCUT2D eigenvalue weighted by molar-refractivity contribution is 0.887. The molecule has 0 bridgehead atoms. The van der Waals surface area contributed by atoms with E-state index in [1.165, 1.54) is 88.3 Å². The first-order valence-corrected chi connectivity index (χ1v) is 22.2. The SMILES string of the molecule is C1=C(N(c2ccc(-c3ccc4c5ccccc5n(-c5ccccc5)c4c3)cc2)c2ccc3c4ccccc4n(-c4ccccc4)c3c2)CCc2c1n(-c1ccccc1)c1ccccc21. The molecule has 4 heteroatoms. The van der Waals surface area contributed by atoms with Crippen LogP contribution in [0.25, 0.3) is 88.8 Å². The molecule has 9 aromatic carbocycles. The predicted octanol–water partition coefficient (Wildman–Crippen LogP) is 15.6. The van der Waals surface area contributed by atoms with E-state index >= 15 is 0 Å². The van der Waals surface area contributed by atoms with E-state index < -0.39 is 0 Å². The molecule has 0 atom stereocenters. The van der Waals surface area contributed by atoms with Gasteiger partial charge in [-0.25, -0.2) is 0 Å². The lowest BCUT2D eigenvalue weighted by Crippen LogP contribution is -2.19. The summed E-state index contributed by atoms with van der Waals surface area (Å²) in [7, 11) is 0. The summed E-state index contributed by atoms with van der Waals surface area (Å²) in [4.78, 5) is 2.50. The second-order valence-corrected chi connectivity index (χ2v) is 16.9. The molecule has 0 saturated carbocycles. The number of hydrogen-bond donors (Lipinski definition) is 0. The van der Waals surface area contributed by atoms with Crippen LogP contribution in [0.4, 0.5) is 11.4 Å². The monoisotopic (exact) mass is 818 g/mol. The van der Waals surface area contributed by atoms with Crippen LogP contribution in [0.5, 0.6) is 0 Å². The summed E-state index contributed by atoms with van der Waals surface area (Å²) >= 11 is 0. The van der Waals surface area contributed by atoms with Gasteiger partial charge in [-0.05, 0) is 121 Å². The smallest absolute Gasteiger partial charge is 0.0561 e. The standard InChI is InChI=1S/C60H42N4/c1-4-16-43(17-5-1)62-55-25-13-10-22-49(55)52-35-30-42(38-58(52)62)41-28-31-46(32-29-41)61(47-33-36-53-50-23-11-14-26-56(50)63(59(53)39-47)44-18-6-2-7-19-44)48-34-37-54-51-24-12-15-27-57(51)64(60(54)40-48)45-20-8-3-9-21-45/h1-33,35-36,38-40H,34,37H2. The fraction of sp³-hybridized carbons (Fsp3) is 0.0333. The highest BCUT2D eigenvalue weighted by atomic mass is 15.2. The van der Waals surface area contributed by atoms with Crippen LogP contribution < -0.4 is 4.90 Å². The zero-order valence-electron chi connectivity index (χ0n) is 35.1. The highest BCUT2D eigenvalue weighted by Gasteiger charge is 2.26. The molecule has 0 unspecified atom stereocenters. The summed E-state index contributed by atoms with van der Waals surface area (Å²) in [5, 5.41) is 6.33. The lowest BCUT2D eigenvalue weighted by Gasteiger charge is -2.31. The molecule has 12 aromatic rings. The van der Waals surface area contributed by atoms with E-state index in [0.29, 0.717) is 0 Å². The van der Waals surface area contributed by atoms with Crippen LogP contribution in [0.3, 0.4) is 0 Å².